The maximum absolute atomic E-state index is 12.5. The van der Waals surface area contributed by atoms with E-state index in [-0.39, 0.29) is 18.4 Å². The molecule has 8 heteroatoms. The van der Waals surface area contributed by atoms with Crippen LogP contribution in [0.15, 0.2) is 58.0 Å². The lowest BCUT2D eigenvalue weighted by Crippen LogP contribution is -2.36. The van der Waals surface area contributed by atoms with E-state index in [4.69, 9.17) is 12.2 Å². The molecule has 1 aromatic carbocycles. The van der Waals surface area contributed by atoms with Gasteiger partial charge < -0.3 is 5.32 Å². The highest BCUT2D eigenvalue weighted by Crippen LogP contribution is 2.32. The number of amides is 2. The van der Waals surface area contributed by atoms with Crippen LogP contribution in [0.1, 0.15) is 5.56 Å². The van der Waals surface area contributed by atoms with Gasteiger partial charge in [0.1, 0.15) is 16.7 Å². The minimum atomic E-state index is -0.348. The standard InChI is InChI=1S/C17H12BrN3O2S2/c18-12-5-3-4-11(8-12)9-13-16(23)21(17(24)25-13)10-15(22)20-14-6-1-2-7-19-14/h1-9H,10H2,(H,19,20,22)/b13-9-. The molecule has 1 N–H and O–H groups in total. The van der Waals surface area contributed by atoms with Crippen molar-refractivity contribution in [1.82, 2.24) is 9.88 Å². The first-order valence-electron chi connectivity index (χ1n) is 7.25. The van der Waals surface area contributed by atoms with E-state index >= 15 is 0 Å². The molecule has 25 heavy (non-hydrogen) atoms. The average Bonchev–Trinajstić information content (AvgIpc) is 2.83. The Morgan fingerprint density at radius 1 is 1.32 bits per heavy atom. The van der Waals surface area contributed by atoms with Crippen LogP contribution in [-0.4, -0.2) is 32.6 Å². The molecule has 1 fully saturated rings. The largest absolute Gasteiger partial charge is 0.309 e. The van der Waals surface area contributed by atoms with Crippen LogP contribution in [0.5, 0.6) is 0 Å². The van der Waals surface area contributed by atoms with Gasteiger partial charge in [-0.2, -0.15) is 0 Å². The molecule has 0 unspecified atom stereocenters. The molecule has 5 nitrogen and oxygen atoms in total. The summed E-state index contributed by atoms with van der Waals surface area (Å²) >= 11 is 9.83. The summed E-state index contributed by atoms with van der Waals surface area (Å²) < 4.78 is 1.29. The Morgan fingerprint density at radius 3 is 2.88 bits per heavy atom. The summed E-state index contributed by atoms with van der Waals surface area (Å²) in [6.45, 7) is -0.142. The van der Waals surface area contributed by atoms with Gasteiger partial charge in [0.15, 0.2) is 0 Å². The van der Waals surface area contributed by atoms with Crippen molar-refractivity contribution in [3.63, 3.8) is 0 Å². The second kappa shape index (κ2) is 7.90. The molecule has 0 spiro atoms. The number of nitrogens with zero attached hydrogens (tertiary/aromatic N) is 2. The number of anilines is 1. The SMILES string of the molecule is O=C(CN1C(=O)/C(=C/c2cccc(Br)c2)SC1=S)Nc1ccccn1. The maximum atomic E-state index is 12.5. The molecule has 1 aliphatic heterocycles. The molecule has 2 heterocycles. The van der Waals surface area contributed by atoms with Gasteiger partial charge in [-0.1, -0.05) is 58.1 Å². The zero-order chi connectivity index (χ0) is 17.8. The molecule has 0 aliphatic carbocycles. The van der Waals surface area contributed by atoms with Crippen molar-refractivity contribution in [3.05, 3.63) is 63.6 Å². The van der Waals surface area contributed by atoms with E-state index < -0.39 is 0 Å². The van der Waals surface area contributed by atoms with Gasteiger partial charge in [-0.25, -0.2) is 4.98 Å². The highest BCUT2D eigenvalue weighted by molar-refractivity contribution is 9.10. The maximum Gasteiger partial charge on any atom is 0.266 e. The summed E-state index contributed by atoms with van der Waals surface area (Å²) in [6.07, 6.45) is 3.34. The Labute approximate surface area is 162 Å². The molecule has 0 saturated carbocycles. The third-order valence-corrected chi connectivity index (χ3v) is 5.13. The highest BCUT2D eigenvalue weighted by Gasteiger charge is 2.33. The second-order valence-electron chi connectivity index (χ2n) is 5.09. The van der Waals surface area contributed by atoms with Crippen LogP contribution in [0, 0.1) is 0 Å². The van der Waals surface area contributed by atoms with Crippen molar-refractivity contribution >= 4 is 67.9 Å². The Bertz CT molecular complexity index is 871. The monoisotopic (exact) mass is 433 g/mol. The Kier molecular flexibility index (Phi) is 5.62. The van der Waals surface area contributed by atoms with Crippen molar-refractivity contribution in [1.29, 1.82) is 0 Å². The summed E-state index contributed by atoms with van der Waals surface area (Å²) in [5, 5.41) is 2.64. The first-order chi connectivity index (χ1) is 12.0. The van der Waals surface area contributed by atoms with E-state index in [1.54, 1.807) is 30.5 Å². The number of halogens is 1. The van der Waals surface area contributed by atoms with Crippen molar-refractivity contribution in [2.45, 2.75) is 0 Å². The van der Waals surface area contributed by atoms with Crippen molar-refractivity contribution < 1.29 is 9.59 Å². The van der Waals surface area contributed by atoms with Crippen LogP contribution < -0.4 is 5.32 Å². The minimum Gasteiger partial charge on any atom is -0.309 e. The number of carbonyl (C=O) groups is 2. The van der Waals surface area contributed by atoms with E-state index in [0.717, 1.165) is 10.0 Å². The number of thioether (sulfide) groups is 1. The number of carbonyl (C=O) groups excluding carboxylic acids is 2. The van der Waals surface area contributed by atoms with Gasteiger partial charge in [0, 0.05) is 10.7 Å². The van der Waals surface area contributed by atoms with Gasteiger partial charge in [0.25, 0.3) is 5.91 Å². The van der Waals surface area contributed by atoms with E-state index in [0.29, 0.717) is 15.0 Å². The van der Waals surface area contributed by atoms with E-state index in [9.17, 15) is 9.59 Å². The van der Waals surface area contributed by atoms with E-state index in [2.05, 4.69) is 26.2 Å². The molecular formula is C17H12BrN3O2S2. The van der Waals surface area contributed by atoms with Gasteiger partial charge in [-0.15, -0.1) is 0 Å². The van der Waals surface area contributed by atoms with Crippen molar-refractivity contribution in [2.75, 3.05) is 11.9 Å². The van der Waals surface area contributed by atoms with Crippen LogP contribution in [0.3, 0.4) is 0 Å². The summed E-state index contributed by atoms with van der Waals surface area (Å²) in [5.74, 6) is -0.188. The minimum absolute atomic E-state index is 0.142. The summed E-state index contributed by atoms with van der Waals surface area (Å²) in [7, 11) is 0. The summed E-state index contributed by atoms with van der Waals surface area (Å²) in [4.78, 5) is 30.5. The van der Waals surface area contributed by atoms with Crippen molar-refractivity contribution in [2.24, 2.45) is 0 Å². The molecule has 2 amide bonds. The van der Waals surface area contributed by atoms with Crippen LogP contribution in [0.2, 0.25) is 0 Å². The predicted molar refractivity (Wildman–Crippen MR) is 107 cm³/mol. The second-order valence-corrected chi connectivity index (χ2v) is 7.68. The Hall–Kier alpha value is -2.03. The summed E-state index contributed by atoms with van der Waals surface area (Å²) in [5.41, 5.74) is 0.882. The fourth-order valence-corrected chi connectivity index (χ4v) is 3.82. The molecule has 0 bridgehead atoms. The molecule has 0 atom stereocenters. The molecule has 3 rings (SSSR count). The van der Waals surface area contributed by atoms with E-state index in [1.807, 2.05) is 24.3 Å². The molecule has 1 aliphatic rings. The smallest absolute Gasteiger partial charge is 0.266 e. The predicted octanol–water partition coefficient (Wildman–Crippen LogP) is 3.68. The molecular weight excluding hydrogens is 422 g/mol. The van der Waals surface area contributed by atoms with Gasteiger partial charge in [-0.05, 0) is 35.9 Å². The number of aromatic nitrogens is 1. The fraction of sp³-hybridized carbons (Fsp3) is 0.0588. The average molecular weight is 434 g/mol. The Morgan fingerprint density at radius 2 is 2.16 bits per heavy atom. The number of hydrogen-bond acceptors (Lipinski definition) is 5. The zero-order valence-corrected chi connectivity index (χ0v) is 16.0. The number of thiocarbonyl (C=S) groups is 1. The topological polar surface area (TPSA) is 62.3 Å². The van der Waals surface area contributed by atoms with Gasteiger partial charge in [0.05, 0.1) is 4.91 Å². The molecule has 1 aromatic heterocycles. The number of nitrogens with one attached hydrogen (secondary N) is 1. The lowest BCUT2D eigenvalue weighted by Gasteiger charge is -2.13. The van der Waals surface area contributed by atoms with Crippen molar-refractivity contribution in [3.8, 4) is 0 Å². The quantitative estimate of drug-likeness (QED) is 0.588. The molecule has 126 valence electrons. The molecule has 2 aromatic rings. The van der Waals surface area contributed by atoms with Gasteiger partial charge >= 0.3 is 0 Å². The lowest BCUT2D eigenvalue weighted by molar-refractivity contribution is -0.126. The van der Waals surface area contributed by atoms with Gasteiger partial charge in [0.2, 0.25) is 5.91 Å². The number of pyridine rings is 1. The van der Waals surface area contributed by atoms with Crippen LogP contribution in [-0.2, 0) is 9.59 Å². The van der Waals surface area contributed by atoms with Crippen LogP contribution in [0.4, 0.5) is 5.82 Å². The molecule has 0 radical (unpaired) electrons. The third-order valence-electron chi connectivity index (χ3n) is 3.25. The number of hydrogen-bond donors (Lipinski definition) is 1. The Balaban J connectivity index is 1.70. The summed E-state index contributed by atoms with van der Waals surface area (Å²) in [6, 6.07) is 12.8. The fourth-order valence-electron chi connectivity index (χ4n) is 2.15. The van der Waals surface area contributed by atoms with Gasteiger partial charge in [-0.3, -0.25) is 14.5 Å². The number of benzene rings is 1. The van der Waals surface area contributed by atoms with Crippen LogP contribution >= 0.6 is 39.9 Å². The van der Waals surface area contributed by atoms with E-state index in [1.165, 1.54) is 16.7 Å². The van der Waals surface area contributed by atoms with Crippen LogP contribution in [0.25, 0.3) is 6.08 Å². The molecule has 1 saturated heterocycles. The first-order valence-corrected chi connectivity index (χ1v) is 9.26. The normalized spacial score (nSPS) is 15.7. The first kappa shape index (κ1) is 17.8. The number of rotatable bonds is 4. The lowest BCUT2D eigenvalue weighted by atomic mass is 10.2. The zero-order valence-electron chi connectivity index (χ0n) is 12.8. The third kappa shape index (κ3) is 4.53. The highest BCUT2D eigenvalue weighted by atomic mass is 79.9.